The third-order valence-electron chi connectivity index (χ3n) is 4.60. The van der Waals surface area contributed by atoms with E-state index in [2.05, 4.69) is 11.9 Å². The monoisotopic (exact) mass is 426 g/mol. The fourth-order valence-corrected chi connectivity index (χ4v) is 3.07. The lowest BCUT2D eigenvalue weighted by Gasteiger charge is -2.22. The van der Waals surface area contributed by atoms with Crippen molar-refractivity contribution in [3.63, 3.8) is 0 Å². The predicted octanol–water partition coefficient (Wildman–Crippen LogP) is 3.13. The van der Waals surface area contributed by atoms with E-state index in [1.165, 1.54) is 12.0 Å². The number of methoxy groups -OCH3 is 1. The summed E-state index contributed by atoms with van der Waals surface area (Å²) in [7, 11) is 1.50. The fourth-order valence-electron chi connectivity index (χ4n) is 3.07. The van der Waals surface area contributed by atoms with E-state index in [1.807, 2.05) is 6.92 Å². The molecule has 8 heteroatoms. The van der Waals surface area contributed by atoms with Crippen molar-refractivity contribution >= 4 is 17.5 Å². The number of benzene rings is 2. The zero-order valence-electron chi connectivity index (χ0n) is 17.7. The predicted molar refractivity (Wildman–Crippen MR) is 116 cm³/mol. The average molecular weight is 426 g/mol. The van der Waals surface area contributed by atoms with Gasteiger partial charge < -0.3 is 29.2 Å². The summed E-state index contributed by atoms with van der Waals surface area (Å²) in [5, 5.41) is 2.80. The van der Waals surface area contributed by atoms with E-state index in [9.17, 15) is 9.59 Å². The van der Waals surface area contributed by atoms with Gasteiger partial charge in [-0.25, -0.2) is 0 Å². The lowest BCUT2D eigenvalue weighted by Crippen LogP contribution is -2.37. The Balaban J connectivity index is 1.66. The van der Waals surface area contributed by atoms with Gasteiger partial charge in [0.25, 0.3) is 5.91 Å². The minimum absolute atomic E-state index is 0.0964. The van der Waals surface area contributed by atoms with Gasteiger partial charge >= 0.3 is 0 Å². The Hall–Kier alpha value is -3.68. The molecule has 3 rings (SSSR count). The first kappa shape index (κ1) is 22.0. The molecule has 0 bridgehead atoms. The van der Waals surface area contributed by atoms with E-state index >= 15 is 0 Å². The highest BCUT2D eigenvalue weighted by Gasteiger charge is 2.20. The highest BCUT2D eigenvalue weighted by molar-refractivity contribution is 5.99. The van der Waals surface area contributed by atoms with Crippen molar-refractivity contribution in [1.29, 1.82) is 0 Å². The Morgan fingerprint density at radius 2 is 1.90 bits per heavy atom. The van der Waals surface area contributed by atoms with Crippen LogP contribution >= 0.6 is 0 Å². The first-order chi connectivity index (χ1) is 15.0. The third kappa shape index (κ3) is 5.48. The number of likely N-dealkylation sites (N-methyl/N-ethyl adjacent to an activating group) is 1. The van der Waals surface area contributed by atoms with Crippen LogP contribution < -0.4 is 24.3 Å². The van der Waals surface area contributed by atoms with Gasteiger partial charge in [0.1, 0.15) is 26.4 Å². The number of nitrogens with zero attached hydrogens (tertiary/aromatic N) is 1. The average Bonchev–Trinajstić information content (AvgIpc) is 2.80. The molecule has 1 aliphatic heterocycles. The van der Waals surface area contributed by atoms with E-state index in [0.29, 0.717) is 60.6 Å². The molecule has 164 valence electrons. The number of nitrogens with one attached hydrogen (secondary N) is 1. The molecule has 0 unspecified atom stereocenters. The largest absolute Gasteiger partial charge is 0.493 e. The van der Waals surface area contributed by atoms with Gasteiger partial charge in [0.2, 0.25) is 5.91 Å². The van der Waals surface area contributed by atoms with Crippen LogP contribution in [0.5, 0.6) is 23.0 Å². The van der Waals surface area contributed by atoms with Gasteiger partial charge in [-0.15, -0.1) is 0 Å². The van der Waals surface area contributed by atoms with Crippen molar-refractivity contribution in [2.75, 3.05) is 45.3 Å². The first-order valence-corrected chi connectivity index (χ1v) is 9.96. The van der Waals surface area contributed by atoms with Crippen molar-refractivity contribution in [3.05, 3.63) is 54.6 Å². The van der Waals surface area contributed by atoms with Crippen LogP contribution in [0.4, 0.5) is 5.69 Å². The highest BCUT2D eigenvalue weighted by Crippen LogP contribution is 2.32. The standard InChI is InChI=1S/C23H26N2O6/c1-4-10-29-18-8-6-16(13-20(18)28-3)23(27)25(5-2)15-22(26)24-17-7-9-19-21(14-17)31-12-11-30-19/h4,6-9,13-14H,1,5,10-12,15H2,2-3H3,(H,24,26). The summed E-state index contributed by atoms with van der Waals surface area (Å²) in [5.41, 5.74) is 0.972. The number of ether oxygens (including phenoxy) is 4. The van der Waals surface area contributed by atoms with Gasteiger partial charge in [-0.1, -0.05) is 12.7 Å². The first-order valence-electron chi connectivity index (χ1n) is 9.96. The number of carbonyl (C=O) groups is 2. The van der Waals surface area contributed by atoms with Gasteiger partial charge in [-0.3, -0.25) is 9.59 Å². The molecule has 0 aromatic heterocycles. The van der Waals surface area contributed by atoms with Crippen LogP contribution in [0.15, 0.2) is 49.1 Å². The molecule has 1 aliphatic rings. The molecular formula is C23H26N2O6. The number of hydrogen-bond acceptors (Lipinski definition) is 6. The van der Waals surface area contributed by atoms with Crippen molar-refractivity contribution in [2.45, 2.75) is 6.92 Å². The highest BCUT2D eigenvalue weighted by atomic mass is 16.6. The molecule has 2 amide bonds. The summed E-state index contributed by atoms with van der Waals surface area (Å²) in [5.74, 6) is 1.57. The quantitative estimate of drug-likeness (QED) is 0.620. The van der Waals surface area contributed by atoms with Gasteiger partial charge in [-0.2, -0.15) is 0 Å². The maximum absolute atomic E-state index is 12.9. The third-order valence-corrected chi connectivity index (χ3v) is 4.60. The second kappa shape index (κ2) is 10.4. The number of fused-ring (bicyclic) bond motifs is 1. The minimum atomic E-state index is -0.315. The Morgan fingerprint density at radius 1 is 1.13 bits per heavy atom. The van der Waals surface area contributed by atoms with Crippen LogP contribution in [-0.4, -0.2) is 56.7 Å². The van der Waals surface area contributed by atoms with E-state index in [0.717, 1.165) is 0 Å². The zero-order chi connectivity index (χ0) is 22.2. The van der Waals surface area contributed by atoms with Crippen LogP contribution in [0.25, 0.3) is 0 Å². The molecule has 2 aromatic carbocycles. The maximum Gasteiger partial charge on any atom is 0.254 e. The molecule has 0 aliphatic carbocycles. The summed E-state index contributed by atoms with van der Waals surface area (Å²) in [4.78, 5) is 26.9. The molecule has 0 saturated carbocycles. The second-order valence-electron chi connectivity index (χ2n) is 6.69. The number of rotatable bonds is 9. The summed E-state index contributed by atoms with van der Waals surface area (Å²) >= 11 is 0. The van der Waals surface area contributed by atoms with Crippen molar-refractivity contribution in [1.82, 2.24) is 4.90 Å². The molecule has 0 saturated heterocycles. The number of hydrogen-bond donors (Lipinski definition) is 1. The normalized spacial score (nSPS) is 11.9. The summed E-state index contributed by atoms with van der Waals surface area (Å²) < 4.78 is 21.9. The van der Waals surface area contributed by atoms with Crippen LogP contribution in [0.3, 0.4) is 0 Å². The molecule has 0 radical (unpaired) electrons. The van der Waals surface area contributed by atoms with Gasteiger partial charge in [0.05, 0.1) is 7.11 Å². The second-order valence-corrected chi connectivity index (χ2v) is 6.69. The number of anilines is 1. The molecule has 0 atom stereocenters. The van der Waals surface area contributed by atoms with Crippen LogP contribution in [0.2, 0.25) is 0 Å². The van der Waals surface area contributed by atoms with Gasteiger partial charge in [0.15, 0.2) is 23.0 Å². The molecule has 0 spiro atoms. The SMILES string of the molecule is C=CCOc1ccc(C(=O)N(CC)CC(=O)Nc2ccc3c(c2)OCCO3)cc1OC. The molecule has 31 heavy (non-hydrogen) atoms. The molecule has 1 N–H and O–H groups in total. The van der Waals surface area contributed by atoms with Crippen molar-refractivity contribution in [2.24, 2.45) is 0 Å². The topological polar surface area (TPSA) is 86.3 Å². The Morgan fingerprint density at radius 3 is 2.61 bits per heavy atom. The minimum Gasteiger partial charge on any atom is -0.493 e. The molecule has 2 aromatic rings. The maximum atomic E-state index is 12.9. The summed E-state index contributed by atoms with van der Waals surface area (Å²) in [6, 6.07) is 10.1. The Bertz CT molecular complexity index is 959. The lowest BCUT2D eigenvalue weighted by atomic mass is 10.1. The summed E-state index contributed by atoms with van der Waals surface area (Å²) in [6.07, 6.45) is 1.62. The Kier molecular flexibility index (Phi) is 7.37. The fraction of sp³-hybridized carbons (Fsp3) is 0.304. The molecular weight excluding hydrogens is 400 g/mol. The van der Waals surface area contributed by atoms with E-state index in [-0.39, 0.29) is 18.4 Å². The van der Waals surface area contributed by atoms with Crippen LogP contribution in [0.1, 0.15) is 17.3 Å². The van der Waals surface area contributed by atoms with Gasteiger partial charge in [-0.05, 0) is 37.3 Å². The number of amides is 2. The zero-order valence-corrected chi connectivity index (χ0v) is 17.7. The smallest absolute Gasteiger partial charge is 0.254 e. The summed E-state index contributed by atoms with van der Waals surface area (Å²) in [6.45, 7) is 6.98. The van der Waals surface area contributed by atoms with Gasteiger partial charge in [0, 0.05) is 23.9 Å². The van der Waals surface area contributed by atoms with E-state index in [1.54, 1.807) is 42.5 Å². The van der Waals surface area contributed by atoms with Crippen LogP contribution in [-0.2, 0) is 4.79 Å². The molecule has 0 fully saturated rings. The molecule has 8 nitrogen and oxygen atoms in total. The van der Waals surface area contributed by atoms with Crippen molar-refractivity contribution < 1.29 is 28.5 Å². The lowest BCUT2D eigenvalue weighted by molar-refractivity contribution is -0.116. The Labute approximate surface area is 181 Å². The molecule has 1 heterocycles. The van der Waals surface area contributed by atoms with Crippen LogP contribution in [0, 0.1) is 0 Å². The van der Waals surface area contributed by atoms with Crippen molar-refractivity contribution in [3.8, 4) is 23.0 Å². The van der Waals surface area contributed by atoms with E-state index in [4.69, 9.17) is 18.9 Å². The van der Waals surface area contributed by atoms with E-state index < -0.39 is 0 Å². The number of carbonyl (C=O) groups excluding carboxylic acids is 2.